The van der Waals surface area contributed by atoms with Crippen LogP contribution in [0.4, 0.5) is 17.6 Å². The fourth-order valence-corrected chi connectivity index (χ4v) is 5.72. The zero-order chi connectivity index (χ0) is 47.6. The minimum absolute atomic E-state index is 0.0128. The minimum atomic E-state index is -5.32. The van der Waals surface area contributed by atoms with Gasteiger partial charge in [-0.1, -0.05) is 67.9 Å². The summed E-state index contributed by atoms with van der Waals surface area (Å²) in [5, 5.41) is -0.482. The predicted molar refractivity (Wildman–Crippen MR) is 181 cm³/mol. The van der Waals surface area contributed by atoms with Gasteiger partial charge in [-0.2, -0.15) is 18.2 Å². The summed E-state index contributed by atoms with van der Waals surface area (Å²) in [6, 6.07) is -12.1. The molecule has 1 aliphatic carbocycles. The van der Waals surface area contributed by atoms with Crippen molar-refractivity contribution in [3.8, 4) is 11.1 Å². The number of likely N-dealkylation sites (N-methyl/N-ethyl adjacent to an activating group) is 1. The molecule has 1 heterocycles. The highest BCUT2D eigenvalue weighted by Gasteiger charge is 2.30. The zero-order valence-corrected chi connectivity index (χ0v) is 27.0. The molecule has 3 aromatic carbocycles. The summed E-state index contributed by atoms with van der Waals surface area (Å²) in [5.41, 5.74) is -6.04. The lowest BCUT2D eigenvalue weighted by Gasteiger charge is -2.28. The first-order chi connectivity index (χ1) is 29.1. The van der Waals surface area contributed by atoms with Crippen LogP contribution in [-0.2, 0) is 42.6 Å². The van der Waals surface area contributed by atoms with E-state index in [1.807, 2.05) is 0 Å². The number of hydrogen-bond acceptors (Lipinski definition) is 5. The highest BCUT2D eigenvalue weighted by molar-refractivity contribution is 7.98. The van der Waals surface area contributed by atoms with Gasteiger partial charge in [0.05, 0.1) is 26.1 Å². The lowest BCUT2D eigenvalue weighted by molar-refractivity contribution is -0.137. The molecule has 4 aromatic rings. The number of halogens is 4. The molecule has 6 nitrogen and oxygen atoms in total. The first-order valence-corrected chi connectivity index (χ1v) is 15.9. The van der Waals surface area contributed by atoms with E-state index in [0.717, 1.165) is 11.5 Å². The first-order valence-electron chi connectivity index (χ1n) is 22.5. The van der Waals surface area contributed by atoms with Crippen molar-refractivity contribution in [2.45, 2.75) is 70.1 Å². The van der Waals surface area contributed by atoms with Crippen molar-refractivity contribution in [1.82, 2.24) is 19.4 Å². The zero-order valence-electron chi connectivity index (χ0n) is 41.2. The molecule has 0 aliphatic heterocycles. The maximum atomic E-state index is 14.9. The average molecular weight is 696 g/mol. The van der Waals surface area contributed by atoms with Gasteiger partial charge in [0.1, 0.15) is 12.3 Å². The van der Waals surface area contributed by atoms with Crippen LogP contribution in [0.3, 0.4) is 0 Å². The van der Waals surface area contributed by atoms with E-state index in [0.29, 0.717) is 36.2 Å². The normalized spacial score (nSPS) is 17.9. The summed E-state index contributed by atoms with van der Waals surface area (Å²) in [4.78, 5) is 34.4. The van der Waals surface area contributed by atoms with Gasteiger partial charge >= 0.3 is 6.18 Å². The Morgan fingerprint density at radius 2 is 1.69 bits per heavy atom. The SMILES string of the molecule is [2H]c1c([2H])c(CSc2nc(=O)c3c(n2C([2H])([2H])C(=O)N(CCN(CC)CC)C([2H])([2H])c2c([2H])c([2H])c(-c4c([2H])c([2H])c(C(F)(F)F)c([2H])c4[2H])c([2H])c2C)CCC3)c([2H])c([2H])c1F. The molecule has 5 rings (SSSR count). The van der Waals surface area contributed by atoms with Crippen LogP contribution >= 0.6 is 11.8 Å². The van der Waals surface area contributed by atoms with E-state index >= 15 is 0 Å². The van der Waals surface area contributed by atoms with Crippen molar-refractivity contribution in [2.75, 3.05) is 26.2 Å². The standard InChI is InChI=1S/C37H40F4N4O2S/c1-4-43(5-2)19-20-44(22-29-12-11-28(21-25(29)3)27-13-15-30(16-14-27)37(39,40)41)34(46)23-45-33-8-6-7-32(33)35(47)42-36(45)48-24-26-9-17-31(38)18-10-26/h9-18,21H,4-8,19-20,22-24H2,1-3H3/i9D,10D,11D,12D,13D,14D,15D,16D,17D,18D,21D,22D2,23D2. The maximum absolute atomic E-state index is 14.9. The van der Waals surface area contributed by atoms with E-state index in [4.69, 9.17) is 15.1 Å². The van der Waals surface area contributed by atoms with E-state index < -0.39 is 148 Å². The Morgan fingerprint density at radius 1 is 1.00 bits per heavy atom. The van der Waals surface area contributed by atoms with Crippen molar-refractivity contribution in [3.05, 3.63) is 116 Å². The molecular formula is C37H40F4N4O2S. The van der Waals surface area contributed by atoms with Crippen molar-refractivity contribution >= 4 is 17.7 Å². The van der Waals surface area contributed by atoms with Gasteiger partial charge in [0.25, 0.3) is 5.56 Å². The Bertz CT molecular complexity index is 2500. The molecule has 254 valence electrons. The number of fused-ring (bicyclic) bond motifs is 1. The van der Waals surface area contributed by atoms with Crippen LogP contribution in [-0.4, -0.2) is 51.4 Å². The van der Waals surface area contributed by atoms with Crippen molar-refractivity contribution in [1.29, 1.82) is 0 Å². The average Bonchev–Trinajstić information content (AvgIpc) is 3.70. The van der Waals surface area contributed by atoms with Gasteiger partial charge in [-0.15, -0.1) is 0 Å². The van der Waals surface area contributed by atoms with E-state index in [9.17, 15) is 32.6 Å². The number of nitrogens with zero attached hydrogens (tertiary/aromatic N) is 4. The monoisotopic (exact) mass is 695 g/mol. The van der Waals surface area contributed by atoms with Crippen LogP contribution in [0.1, 0.15) is 74.3 Å². The third kappa shape index (κ3) is 8.54. The molecule has 0 saturated carbocycles. The van der Waals surface area contributed by atoms with Crippen molar-refractivity contribution in [3.63, 3.8) is 0 Å². The summed E-state index contributed by atoms with van der Waals surface area (Å²) in [6.45, 7) is -1.96. The van der Waals surface area contributed by atoms with E-state index in [-0.39, 0.29) is 36.2 Å². The highest BCUT2D eigenvalue weighted by atomic mass is 32.2. The van der Waals surface area contributed by atoms with Crippen molar-refractivity contribution in [2.24, 2.45) is 0 Å². The first kappa shape index (κ1) is 20.5. The second-order valence-electron chi connectivity index (χ2n) is 10.6. The number of amides is 1. The number of alkyl halides is 3. The molecule has 1 aliphatic rings. The largest absolute Gasteiger partial charge is 0.416 e. The number of carbonyl (C=O) groups is 1. The summed E-state index contributed by atoms with van der Waals surface area (Å²) >= 11 is 0.543. The third-order valence-corrected chi connectivity index (χ3v) is 8.45. The Labute approximate surface area is 303 Å². The van der Waals surface area contributed by atoms with Crippen LogP contribution in [0, 0.1) is 12.7 Å². The van der Waals surface area contributed by atoms with Gasteiger partial charge < -0.3 is 14.4 Å². The molecule has 1 aromatic heterocycles. The van der Waals surface area contributed by atoms with Gasteiger partial charge in [0.15, 0.2) is 5.16 Å². The quantitative estimate of drug-likeness (QED) is 0.0823. The molecule has 0 fully saturated rings. The van der Waals surface area contributed by atoms with Gasteiger partial charge in [0, 0.05) is 36.6 Å². The Hall–Kier alpha value is -3.96. The predicted octanol–water partition coefficient (Wildman–Crippen LogP) is 7.53. The molecule has 0 bridgehead atoms. The Kier molecular flexibility index (Phi) is 6.63. The number of aromatic nitrogens is 2. The number of rotatable bonds is 13. The van der Waals surface area contributed by atoms with Crippen LogP contribution < -0.4 is 5.56 Å². The lowest BCUT2D eigenvalue weighted by Crippen LogP contribution is -2.40. The number of carbonyl (C=O) groups excluding carboxylic acids is 1. The lowest BCUT2D eigenvalue weighted by atomic mass is 9.98. The van der Waals surface area contributed by atoms with Gasteiger partial charge in [-0.3, -0.25) is 9.59 Å². The highest BCUT2D eigenvalue weighted by Crippen LogP contribution is 2.32. The second kappa shape index (κ2) is 15.5. The van der Waals surface area contributed by atoms with Gasteiger partial charge in [-0.25, -0.2) is 4.39 Å². The Morgan fingerprint density at radius 3 is 2.35 bits per heavy atom. The van der Waals surface area contributed by atoms with Gasteiger partial charge in [-0.05, 0) is 91.3 Å². The third-order valence-electron chi connectivity index (χ3n) is 7.49. The molecule has 48 heavy (non-hydrogen) atoms. The molecule has 0 spiro atoms. The molecule has 0 saturated heterocycles. The van der Waals surface area contributed by atoms with Crippen LogP contribution in [0.25, 0.3) is 11.1 Å². The Balaban J connectivity index is 1.72. The number of hydrogen-bond donors (Lipinski definition) is 0. The summed E-state index contributed by atoms with van der Waals surface area (Å²) in [7, 11) is 0. The van der Waals surface area contributed by atoms with Crippen LogP contribution in [0.15, 0.2) is 76.4 Å². The molecule has 0 unspecified atom stereocenters. The number of thioether (sulfide) groups is 1. The number of benzene rings is 3. The fourth-order valence-electron chi connectivity index (χ4n) is 4.87. The minimum Gasteiger partial charge on any atom is -0.336 e. The summed E-state index contributed by atoms with van der Waals surface area (Å²) in [5.74, 6) is -3.53. The van der Waals surface area contributed by atoms with Crippen LogP contribution in [0.2, 0.25) is 0 Å². The van der Waals surface area contributed by atoms with Gasteiger partial charge in [0.2, 0.25) is 5.91 Å². The molecule has 0 N–H and O–H groups in total. The molecule has 1 amide bonds. The van der Waals surface area contributed by atoms with E-state index in [2.05, 4.69) is 4.98 Å². The fraction of sp³-hybridized carbons (Fsp3) is 0.378. The molecular weight excluding hydrogens is 640 g/mol. The summed E-state index contributed by atoms with van der Waals surface area (Å²) in [6.07, 6.45) is -4.83. The molecule has 0 radical (unpaired) electrons. The van der Waals surface area contributed by atoms with E-state index in [1.54, 1.807) is 18.7 Å². The van der Waals surface area contributed by atoms with E-state index in [1.165, 1.54) is 0 Å². The topological polar surface area (TPSA) is 58.4 Å². The maximum Gasteiger partial charge on any atom is 0.416 e. The second-order valence-corrected chi connectivity index (χ2v) is 11.5. The van der Waals surface area contributed by atoms with Crippen LogP contribution in [0.5, 0.6) is 0 Å². The smallest absolute Gasteiger partial charge is 0.336 e. The molecule has 0 atom stereocenters. The summed E-state index contributed by atoms with van der Waals surface area (Å²) < 4.78 is 186. The molecule has 11 heteroatoms. The van der Waals surface area contributed by atoms with Crippen molar-refractivity contribution < 1.29 is 42.9 Å².